The summed E-state index contributed by atoms with van der Waals surface area (Å²) >= 11 is 0. The van der Waals surface area contributed by atoms with E-state index in [2.05, 4.69) is 10.6 Å². The Kier molecular flexibility index (Phi) is 6.49. The quantitative estimate of drug-likeness (QED) is 0.616. The van der Waals surface area contributed by atoms with Crippen LogP contribution in [0.1, 0.15) is 32.3 Å². The second-order valence-electron chi connectivity index (χ2n) is 6.98. The first-order valence-electron chi connectivity index (χ1n) is 9.81. The number of benzene rings is 2. The molecule has 0 spiro atoms. The summed E-state index contributed by atoms with van der Waals surface area (Å²) in [6, 6.07) is 15.0. The number of amides is 2. The lowest BCUT2D eigenvalue weighted by atomic mass is 10.2. The van der Waals surface area contributed by atoms with Crippen molar-refractivity contribution in [2.24, 2.45) is 0 Å². The van der Waals surface area contributed by atoms with Crippen LogP contribution in [-0.2, 0) is 29.2 Å². The van der Waals surface area contributed by atoms with Crippen molar-refractivity contribution in [2.75, 3.05) is 5.32 Å². The fraction of sp³-hybridized carbons (Fsp3) is 0.318. The van der Waals surface area contributed by atoms with E-state index in [0.29, 0.717) is 19.6 Å². The number of para-hydroxylation sites is 2. The molecule has 0 bridgehead atoms. The summed E-state index contributed by atoms with van der Waals surface area (Å²) in [6.45, 7) is 4.88. The number of aryl methyl sites for hydroxylation is 2. The third-order valence-electron chi connectivity index (χ3n) is 4.70. The first-order valence-corrected chi connectivity index (χ1v) is 9.81. The molecule has 2 aromatic carbocycles. The Balaban J connectivity index is 1.60. The van der Waals surface area contributed by atoms with Crippen LogP contribution in [0.3, 0.4) is 0 Å². The molecule has 1 heterocycles. The first kappa shape index (κ1) is 20.4. The van der Waals surface area contributed by atoms with E-state index >= 15 is 0 Å². The predicted octanol–water partition coefficient (Wildman–Crippen LogP) is 2.88. The van der Waals surface area contributed by atoms with Gasteiger partial charge in [-0.2, -0.15) is 0 Å². The molecule has 0 fully saturated rings. The molecule has 1 aromatic heterocycles. The van der Waals surface area contributed by atoms with Gasteiger partial charge in [0.05, 0.1) is 11.0 Å². The Morgan fingerprint density at radius 1 is 0.931 bits per heavy atom. The predicted molar refractivity (Wildman–Crippen MR) is 114 cm³/mol. The SMILES string of the molecule is CCCn1c(=O)n(CCC(=O)NCc2ccc(NC(C)=O)cc2)c2ccccc21. The van der Waals surface area contributed by atoms with Crippen molar-refractivity contribution >= 4 is 28.5 Å². The molecule has 7 heteroatoms. The molecular weight excluding hydrogens is 368 g/mol. The van der Waals surface area contributed by atoms with E-state index in [1.54, 1.807) is 21.3 Å². The molecule has 0 radical (unpaired) electrons. The number of carbonyl (C=O) groups excluding carboxylic acids is 2. The third-order valence-corrected chi connectivity index (χ3v) is 4.70. The maximum Gasteiger partial charge on any atom is 0.329 e. The Morgan fingerprint density at radius 2 is 1.55 bits per heavy atom. The number of anilines is 1. The fourth-order valence-electron chi connectivity index (χ4n) is 3.34. The van der Waals surface area contributed by atoms with Gasteiger partial charge in [-0.1, -0.05) is 31.2 Å². The van der Waals surface area contributed by atoms with Gasteiger partial charge in [-0.05, 0) is 36.2 Å². The summed E-state index contributed by atoms with van der Waals surface area (Å²) in [6.07, 6.45) is 1.10. The molecule has 0 aliphatic heterocycles. The normalized spacial score (nSPS) is 10.8. The lowest BCUT2D eigenvalue weighted by Crippen LogP contribution is -2.28. The number of nitrogens with one attached hydrogen (secondary N) is 2. The zero-order valence-corrected chi connectivity index (χ0v) is 16.8. The molecule has 0 saturated carbocycles. The van der Waals surface area contributed by atoms with E-state index in [-0.39, 0.29) is 23.9 Å². The largest absolute Gasteiger partial charge is 0.352 e. The van der Waals surface area contributed by atoms with E-state index in [9.17, 15) is 14.4 Å². The molecule has 3 aromatic rings. The lowest BCUT2D eigenvalue weighted by molar-refractivity contribution is -0.121. The standard InChI is InChI=1S/C22H26N4O3/c1-3-13-25-19-6-4-5-7-20(19)26(22(25)29)14-12-21(28)23-15-17-8-10-18(11-9-17)24-16(2)27/h4-11H,3,12-15H2,1-2H3,(H,23,28)(H,24,27). The zero-order chi connectivity index (χ0) is 20.8. The number of nitrogens with zero attached hydrogens (tertiary/aromatic N) is 2. The van der Waals surface area contributed by atoms with Crippen molar-refractivity contribution in [1.82, 2.24) is 14.5 Å². The van der Waals surface area contributed by atoms with Crippen LogP contribution in [0.4, 0.5) is 5.69 Å². The van der Waals surface area contributed by atoms with Crippen molar-refractivity contribution in [3.8, 4) is 0 Å². The van der Waals surface area contributed by atoms with E-state index in [1.807, 2.05) is 43.3 Å². The van der Waals surface area contributed by atoms with Gasteiger partial charge in [-0.25, -0.2) is 4.79 Å². The Labute approximate surface area is 169 Å². The van der Waals surface area contributed by atoms with Crippen LogP contribution in [0.25, 0.3) is 11.0 Å². The first-order chi connectivity index (χ1) is 14.0. The highest BCUT2D eigenvalue weighted by atomic mass is 16.2. The van der Waals surface area contributed by atoms with Gasteiger partial charge in [0, 0.05) is 38.7 Å². The molecule has 152 valence electrons. The summed E-state index contributed by atoms with van der Waals surface area (Å²) in [5, 5.41) is 5.59. The van der Waals surface area contributed by atoms with Crippen molar-refractivity contribution < 1.29 is 9.59 Å². The molecular formula is C22H26N4O3. The Hall–Kier alpha value is -3.35. The minimum atomic E-state index is -0.124. The van der Waals surface area contributed by atoms with E-state index < -0.39 is 0 Å². The number of carbonyl (C=O) groups is 2. The number of imidazole rings is 1. The highest BCUT2D eigenvalue weighted by molar-refractivity contribution is 5.88. The average molecular weight is 394 g/mol. The Morgan fingerprint density at radius 3 is 2.14 bits per heavy atom. The highest BCUT2D eigenvalue weighted by Crippen LogP contribution is 2.14. The van der Waals surface area contributed by atoms with Crippen LogP contribution in [-0.4, -0.2) is 20.9 Å². The van der Waals surface area contributed by atoms with Gasteiger partial charge in [-0.15, -0.1) is 0 Å². The molecule has 2 N–H and O–H groups in total. The van der Waals surface area contributed by atoms with Gasteiger partial charge >= 0.3 is 5.69 Å². The van der Waals surface area contributed by atoms with Crippen LogP contribution >= 0.6 is 0 Å². The van der Waals surface area contributed by atoms with Crippen molar-refractivity contribution in [3.05, 3.63) is 64.6 Å². The summed E-state index contributed by atoms with van der Waals surface area (Å²) in [4.78, 5) is 36.1. The van der Waals surface area contributed by atoms with E-state index in [0.717, 1.165) is 28.7 Å². The number of hydrogen-bond acceptors (Lipinski definition) is 3. The second-order valence-corrected chi connectivity index (χ2v) is 6.98. The van der Waals surface area contributed by atoms with Crippen molar-refractivity contribution in [3.63, 3.8) is 0 Å². The molecule has 0 aliphatic carbocycles. The molecule has 7 nitrogen and oxygen atoms in total. The topological polar surface area (TPSA) is 85.1 Å². The zero-order valence-electron chi connectivity index (χ0n) is 16.8. The van der Waals surface area contributed by atoms with Crippen LogP contribution in [0.15, 0.2) is 53.3 Å². The molecule has 0 saturated heterocycles. The maximum absolute atomic E-state index is 12.7. The molecule has 2 amide bonds. The monoisotopic (exact) mass is 394 g/mol. The molecule has 0 aliphatic rings. The summed E-state index contributed by atoms with van der Waals surface area (Å²) < 4.78 is 3.44. The number of fused-ring (bicyclic) bond motifs is 1. The smallest absolute Gasteiger partial charge is 0.329 e. The Bertz CT molecular complexity index is 1060. The van der Waals surface area contributed by atoms with E-state index in [1.165, 1.54) is 6.92 Å². The van der Waals surface area contributed by atoms with Gasteiger partial charge < -0.3 is 10.6 Å². The minimum Gasteiger partial charge on any atom is -0.352 e. The van der Waals surface area contributed by atoms with Crippen LogP contribution in [0, 0.1) is 0 Å². The summed E-state index contributed by atoms with van der Waals surface area (Å²) in [5.74, 6) is -0.239. The maximum atomic E-state index is 12.7. The highest BCUT2D eigenvalue weighted by Gasteiger charge is 2.13. The minimum absolute atomic E-state index is 0.0746. The van der Waals surface area contributed by atoms with Crippen LogP contribution in [0.5, 0.6) is 0 Å². The second kappa shape index (κ2) is 9.23. The fourth-order valence-corrected chi connectivity index (χ4v) is 3.34. The summed E-state index contributed by atoms with van der Waals surface area (Å²) in [5.41, 5.74) is 3.33. The van der Waals surface area contributed by atoms with Crippen molar-refractivity contribution in [1.29, 1.82) is 0 Å². The average Bonchev–Trinajstić information content (AvgIpc) is 2.97. The van der Waals surface area contributed by atoms with Gasteiger partial charge in [0.25, 0.3) is 0 Å². The third kappa shape index (κ3) is 4.93. The van der Waals surface area contributed by atoms with Crippen LogP contribution < -0.4 is 16.3 Å². The van der Waals surface area contributed by atoms with Crippen LogP contribution in [0.2, 0.25) is 0 Å². The molecule has 0 unspecified atom stereocenters. The lowest BCUT2D eigenvalue weighted by Gasteiger charge is -2.08. The molecule has 29 heavy (non-hydrogen) atoms. The van der Waals surface area contributed by atoms with Gasteiger partial charge in [0.1, 0.15) is 0 Å². The number of aromatic nitrogens is 2. The molecule has 0 atom stereocenters. The number of hydrogen-bond donors (Lipinski definition) is 2. The molecule has 3 rings (SSSR count). The number of rotatable bonds is 8. The van der Waals surface area contributed by atoms with Gasteiger partial charge in [0.15, 0.2) is 0 Å². The van der Waals surface area contributed by atoms with Gasteiger partial charge in [-0.3, -0.25) is 18.7 Å². The van der Waals surface area contributed by atoms with E-state index in [4.69, 9.17) is 0 Å². The van der Waals surface area contributed by atoms with Crippen molar-refractivity contribution in [2.45, 2.75) is 46.3 Å². The van der Waals surface area contributed by atoms with Gasteiger partial charge in [0.2, 0.25) is 11.8 Å². The summed E-state index contributed by atoms with van der Waals surface area (Å²) in [7, 11) is 0.